The van der Waals surface area contributed by atoms with Crippen LogP contribution in [-0.4, -0.2) is 65.3 Å². The topological polar surface area (TPSA) is 91.0 Å². The Bertz CT molecular complexity index is 1110. The standard InChI is InChI=1S/C27H32N4O4/c1-2-30-13-12-22(28-15-18-6-4-3-5-7-18)24(17-30)35-20-8-9-21-19(14-20)16-31(27(21)34)23-10-11-25(32)29-26(23)33/h3-9,14,22-24,28H,2,10-13,15-17H2,1H3,(H,29,32,33)/t22-,23?,24-/m1/s1. The second kappa shape index (κ2) is 10.2. The van der Waals surface area contributed by atoms with Crippen LogP contribution < -0.4 is 15.4 Å². The van der Waals surface area contributed by atoms with Crippen LogP contribution in [0.15, 0.2) is 48.5 Å². The number of imide groups is 1. The molecule has 2 aromatic carbocycles. The van der Waals surface area contributed by atoms with Gasteiger partial charge in [0.25, 0.3) is 5.91 Å². The number of benzene rings is 2. The number of hydrogen-bond donors (Lipinski definition) is 2. The van der Waals surface area contributed by atoms with Crippen molar-refractivity contribution in [1.29, 1.82) is 0 Å². The summed E-state index contributed by atoms with van der Waals surface area (Å²) in [6.45, 7) is 6.14. The molecule has 3 aliphatic rings. The van der Waals surface area contributed by atoms with Crippen LogP contribution in [0.2, 0.25) is 0 Å². The number of ether oxygens (including phenoxy) is 1. The predicted molar refractivity (Wildman–Crippen MR) is 131 cm³/mol. The SMILES string of the molecule is CCN1CC[C@@H](NCc2ccccc2)[C@H](Oc2ccc3c(c2)CN(C2CCC(=O)NC2=O)C3=O)C1. The molecule has 8 nitrogen and oxygen atoms in total. The first-order valence-electron chi connectivity index (χ1n) is 12.5. The van der Waals surface area contributed by atoms with Crippen LogP contribution in [0.25, 0.3) is 0 Å². The van der Waals surface area contributed by atoms with Crippen molar-refractivity contribution in [3.05, 3.63) is 65.2 Å². The summed E-state index contributed by atoms with van der Waals surface area (Å²) in [5.41, 5.74) is 2.70. The number of amides is 3. The highest BCUT2D eigenvalue weighted by Gasteiger charge is 2.39. The predicted octanol–water partition coefficient (Wildman–Crippen LogP) is 2.08. The maximum absolute atomic E-state index is 13.0. The monoisotopic (exact) mass is 476 g/mol. The highest BCUT2D eigenvalue weighted by atomic mass is 16.5. The van der Waals surface area contributed by atoms with E-state index in [0.29, 0.717) is 18.5 Å². The van der Waals surface area contributed by atoms with Gasteiger partial charge in [0.15, 0.2) is 0 Å². The number of fused-ring (bicyclic) bond motifs is 1. The molecular weight excluding hydrogens is 444 g/mol. The summed E-state index contributed by atoms with van der Waals surface area (Å²) in [7, 11) is 0. The molecule has 0 radical (unpaired) electrons. The van der Waals surface area contributed by atoms with Gasteiger partial charge in [0, 0.05) is 37.7 Å². The zero-order chi connectivity index (χ0) is 24.4. The molecule has 5 rings (SSSR count). The smallest absolute Gasteiger partial charge is 0.255 e. The van der Waals surface area contributed by atoms with Crippen molar-refractivity contribution >= 4 is 17.7 Å². The molecule has 0 saturated carbocycles. The quantitative estimate of drug-likeness (QED) is 0.595. The van der Waals surface area contributed by atoms with Crippen LogP contribution in [0.1, 0.15) is 47.7 Å². The molecule has 0 bridgehead atoms. The molecule has 0 aromatic heterocycles. The molecule has 8 heteroatoms. The Balaban J connectivity index is 1.28. The van der Waals surface area contributed by atoms with Gasteiger partial charge >= 0.3 is 0 Å². The summed E-state index contributed by atoms with van der Waals surface area (Å²) >= 11 is 0. The second-order valence-corrected chi connectivity index (χ2v) is 9.53. The zero-order valence-electron chi connectivity index (χ0n) is 20.0. The average Bonchev–Trinajstić information content (AvgIpc) is 3.19. The Morgan fingerprint density at radius 2 is 1.91 bits per heavy atom. The minimum Gasteiger partial charge on any atom is -0.487 e. The molecule has 0 aliphatic carbocycles. The Hall–Kier alpha value is -3.23. The number of likely N-dealkylation sites (N-methyl/N-ethyl adjacent to an activating group) is 1. The molecule has 184 valence electrons. The normalized spacial score (nSPS) is 24.9. The van der Waals surface area contributed by atoms with Crippen molar-refractivity contribution in [2.75, 3.05) is 19.6 Å². The lowest BCUT2D eigenvalue weighted by Crippen LogP contribution is -2.54. The van der Waals surface area contributed by atoms with E-state index < -0.39 is 11.9 Å². The fraction of sp³-hybridized carbons (Fsp3) is 0.444. The van der Waals surface area contributed by atoms with Crippen molar-refractivity contribution in [2.45, 2.75) is 57.5 Å². The van der Waals surface area contributed by atoms with Gasteiger partial charge < -0.3 is 15.0 Å². The maximum atomic E-state index is 13.0. The first-order valence-corrected chi connectivity index (χ1v) is 12.5. The van der Waals surface area contributed by atoms with E-state index in [1.165, 1.54) is 5.56 Å². The van der Waals surface area contributed by atoms with Crippen molar-refractivity contribution in [2.24, 2.45) is 0 Å². The lowest BCUT2D eigenvalue weighted by molar-refractivity contribution is -0.136. The molecule has 2 saturated heterocycles. The molecule has 2 aromatic rings. The summed E-state index contributed by atoms with van der Waals surface area (Å²) in [4.78, 5) is 40.8. The van der Waals surface area contributed by atoms with Crippen LogP contribution >= 0.6 is 0 Å². The van der Waals surface area contributed by atoms with E-state index in [2.05, 4.69) is 46.7 Å². The highest BCUT2D eigenvalue weighted by Crippen LogP contribution is 2.31. The number of nitrogens with zero attached hydrogens (tertiary/aromatic N) is 2. The van der Waals surface area contributed by atoms with E-state index in [9.17, 15) is 14.4 Å². The Morgan fingerprint density at radius 3 is 2.69 bits per heavy atom. The molecular formula is C27H32N4O4. The van der Waals surface area contributed by atoms with Gasteiger partial charge in [-0.2, -0.15) is 0 Å². The first-order chi connectivity index (χ1) is 17.0. The molecule has 3 heterocycles. The molecule has 2 N–H and O–H groups in total. The number of hydrogen-bond acceptors (Lipinski definition) is 6. The third-order valence-corrected chi connectivity index (χ3v) is 7.28. The fourth-order valence-corrected chi connectivity index (χ4v) is 5.26. The van der Waals surface area contributed by atoms with Crippen molar-refractivity contribution in [1.82, 2.24) is 20.4 Å². The van der Waals surface area contributed by atoms with Gasteiger partial charge in [-0.1, -0.05) is 37.3 Å². The third kappa shape index (κ3) is 5.09. The molecule has 2 fully saturated rings. The second-order valence-electron chi connectivity index (χ2n) is 9.53. The Kier molecular flexibility index (Phi) is 6.83. The van der Waals surface area contributed by atoms with Gasteiger partial charge in [-0.05, 0) is 55.3 Å². The summed E-state index contributed by atoms with van der Waals surface area (Å²) in [6.07, 6.45) is 1.58. The number of carbonyl (C=O) groups excluding carboxylic acids is 3. The lowest BCUT2D eigenvalue weighted by Gasteiger charge is -2.38. The third-order valence-electron chi connectivity index (χ3n) is 7.28. The largest absolute Gasteiger partial charge is 0.487 e. The first kappa shape index (κ1) is 23.5. The molecule has 3 aliphatic heterocycles. The van der Waals surface area contributed by atoms with Crippen LogP contribution in [0, 0.1) is 0 Å². The van der Waals surface area contributed by atoms with Crippen LogP contribution in [0.5, 0.6) is 5.75 Å². The van der Waals surface area contributed by atoms with Gasteiger partial charge in [-0.25, -0.2) is 0 Å². The number of likely N-dealkylation sites (tertiary alicyclic amines) is 1. The van der Waals surface area contributed by atoms with Gasteiger partial charge in [0.1, 0.15) is 17.9 Å². The van der Waals surface area contributed by atoms with Crippen molar-refractivity contribution < 1.29 is 19.1 Å². The zero-order valence-corrected chi connectivity index (χ0v) is 20.0. The molecule has 1 unspecified atom stereocenters. The summed E-state index contributed by atoms with van der Waals surface area (Å²) in [5, 5.41) is 6.03. The van der Waals surface area contributed by atoms with E-state index in [0.717, 1.165) is 43.9 Å². The van der Waals surface area contributed by atoms with Crippen molar-refractivity contribution in [3.63, 3.8) is 0 Å². The van der Waals surface area contributed by atoms with E-state index in [-0.39, 0.29) is 30.4 Å². The molecule has 3 atom stereocenters. The van der Waals surface area contributed by atoms with Crippen LogP contribution in [0.3, 0.4) is 0 Å². The van der Waals surface area contributed by atoms with E-state index in [1.54, 1.807) is 11.0 Å². The average molecular weight is 477 g/mol. The van der Waals surface area contributed by atoms with Crippen LogP contribution in [0.4, 0.5) is 0 Å². The molecule has 3 amide bonds. The molecule has 0 spiro atoms. The fourth-order valence-electron chi connectivity index (χ4n) is 5.26. The van der Waals surface area contributed by atoms with Gasteiger partial charge in [-0.15, -0.1) is 0 Å². The highest BCUT2D eigenvalue weighted by molar-refractivity contribution is 6.05. The van der Waals surface area contributed by atoms with Gasteiger partial charge in [-0.3, -0.25) is 24.6 Å². The maximum Gasteiger partial charge on any atom is 0.255 e. The summed E-state index contributed by atoms with van der Waals surface area (Å²) in [6, 6.07) is 15.5. The van der Waals surface area contributed by atoms with Crippen LogP contribution in [-0.2, 0) is 22.7 Å². The minimum atomic E-state index is -0.611. The van der Waals surface area contributed by atoms with E-state index in [1.807, 2.05) is 18.2 Å². The minimum absolute atomic E-state index is 0.0196. The Labute approximate surface area is 205 Å². The summed E-state index contributed by atoms with van der Waals surface area (Å²) < 4.78 is 6.51. The van der Waals surface area contributed by atoms with Crippen molar-refractivity contribution in [3.8, 4) is 5.75 Å². The molecule has 35 heavy (non-hydrogen) atoms. The summed E-state index contributed by atoms with van der Waals surface area (Å²) in [5.74, 6) is -0.113. The lowest BCUT2D eigenvalue weighted by atomic mass is 10.0. The number of nitrogens with one attached hydrogen (secondary N) is 2. The van der Waals surface area contributed by atoms with Gasteiger partial charge in [0.2, 0.25) is 11.8 Å². The number of rotatable bonds is 7. The number of piperidine rings is 2. The van der Waals surface area contributed by atoms with Gasteiger partial charge in [0.05, 0.1) is 0 Å². The van der Waals surface area contributed by atoms with E-state index >= 15 is 0 Å². The number of carbonyl (C=O) groups is 3. The van der Waals surface area contributed by atoms with E-state index in [4.69, 9.17) is 4.74 Å². The Morgan fingerprint density at radius 1 is 1.09 bits per heavy atom.